The van der Waals surface area contributed by atoms with Gasteiger partial charge in [0.2, 0.25) is 5.91 Å². The molecule has 3 unspecified atom stereocenters. The molecule has 0 radical (unpaired) electrons. The number of carbonyl (C=O) groups excluding carboxylic acids is 3. The van der Waals surface area contributed by atoms with Gasteiger partial charge >= 0.3 is 5.97 Å². The fraction of sp³-hybridized carbons (Fsp3) is 0.583. The summed E-state index contributed by atoms with van der Waals surface area (Å²) >= 11 is 0. The molecule has 0 saturated heterocycles. The van der Waals surface area contributed by atoms with E-state index < -0.39 is 5.97 Å². The van der Waals surface area contributed by atoms with Gasteiger partial charge in [0.15, 0.2) is 0 Å². The Morgan fingerprint density at radius 2 is 1.94 bits per heavy atom. The smallest absolute Gasteiger partial charge is 0.325 e. The first kappa shape index (κ1) is 19.8. The van der Waals surface area contributed by atoms with Crippen LogP contribution in [0, 0.1) is 28.6 Å². The van der Waals surface area contributed by atoms with Crippen molar-refractivity contribution in [3.63, 3.8) is 0 Å². The molecular formula is C24H28N4O4. The largest absolute Gasteiger partial charge is 0.468 e. The molecule has 1 spiro atoms. The van der Waals surface area contributed by atoms with Crippen LogP contribution < -0.4 is 5.32 Å². The lowest BCUT2D eigenvalue weighted by molar-refractivity contribution is -0.149. The van der Waals surface area contributed by atoms with Gasteiger partial charge in [-0.3, -0.25) is 18.8 Å². The first-order chi connectivity index (χ1) is 15.3. The van der Waals surface area contributed by atoms with E-state index in [4.69, 9.17) is 0 Å². The number of esters is 1. The number of imidazole rings is 1. The van der Waals surface area contributed by atoms with E-state index in [0.29, 0.717) is 23.3 Å². The van der Waals surface area contributed by atoms with Crippen molar-refractivity contribution in [2.75, 3.05) is 26.0 Å². The summed E-state index contributed by atoms with van der Waals surface area (Å²) in [6.45, 7) is -0.154. The minimum Gasteiger partial charge on any atom is -0.468 e. The minimum absolute atomic E-state index is 0.0383. The van der Waals surface area contributed by atoms with Crippen molar-refractivity contribution in [1.29, 1.82) is 0 Å². The first-order valence-corrected chi connectivity index (χ1v) is 11.4. The lowest BCUT2D eigenvalue weighted by Crippen LogP contribution is -2.56. The SMILES string of the molecule is COC(=O)CN(C)C(=O)c1cn2c(NC(=O)CC34CC5CC(C3)C53CC3C4)cccc2n1. The van der Waals surface area contributed by atoms with E-state index in [1.807, 2.05) is 12.1 Å². The molecule has 6 saturated carbocycles. The molecule has 3 atom stereocenters. The molecule has 32 heavy (non-hydrogen) atoms. The summed E-state index contributed by atoms with van der Waals surface area (Å²) in [5.41, 5.74) is 1.66. The van der Waals surface area contributed by atoms with Gasteiger partial charge in [-0.05, 0) is 72.8 Å². The third-order valence-electron chi connectivity index (χ3n) is 8.78. The lowest BCUT2D eigenvalue weighted by Gasteiger charge is -2.63. The number of fused-ring (bicyclic) bond motifs is 1. The van der Waals surface area contributed by atoms with Crippen LogP contribution in [0.3, 0.4) is 0 Å². The van der Waals surface area contributed by atoms with Crippen molar-refractivity contribution in [3.8, 4) is 0 Å². The number of nitrogens with one attached hydrogen (secondary N) is 1. The fourth-order valence-corrected chi connectivity index (χ4v) is 7.44. The Balaban J connectivity index is 1.18. The molecule has 168 valence electrons. The van der Waals surface area contributed by atoms with Crippen LogP contribution in [0.2, 0.25) is 0 Å². The van der Waals surface area contributed by atoms with Gasteiger partial charge in [-0.15, -0.1) is 0 Å². The summed E-state index contributed by atoms with van der Waals surface area (Å²) in [5, 5.41) is 3.07. The molecule has 8 heteroatoms. The van der Waals surface area contributed by atoms with Crippen LogP contribution in [0.5, 0.6) is 0 Å². The van der Waals surface area contributed by atoms with Crippen LogP contribution in [0.4, 0.5) is 5.82 Å². The zero-order valence-corrected chi connectivity index (χ0v) is 18.5. The Kier molecular flexibility index (Phi) is 4.05. The number of nitrogens with zero attached hydrogens (tertiary/aromatic N) is 3. The number of methoxy groups -OCH3 is 1. The number of carbonyl (C=O) groups is 3. The molecule has 8 rings (SSSR count). The van der Waals surface area contributed by atoms with Crippen LogP contribution in [0.1, 0.15) is 49.0 Å². The van der Waals surface area contributed by atoms with Crippen molar-refractivity contribution in [2.45, 2.75) is 38.5 Å². The second-order valence-electron chi connectivity index (χ2n) is 10.5. The third-order valence-corrected chi connectivity index (χ3v) is 8.78. The predicted octanol–water partition coefficient (Wildman–Crippen LogP) is 2.73. The number of pyridine rings is 1. The number of likely N-dealkylation sites (N-methyl/N-ethyl adjacent to an activating group) is 1. The summed E-state index contributed by atoms with van der Waals surface area (Å²) in [6.07, 6.45) is 8.62. The quantitative estimate of drug-likeness (QED) is 0.703. The molecule has 6 aliphatic carbocycles. The highest BCUT2D eigenvalue weighted by Gasteiger charge is 2.77. The van der Waals surface area contributed by atoms with Crippen molar-refractivity contribution < 1.29 is 19.1 Å². The topological polar surface area (TPSA) is 93.0 Å². The van der Waals surface area contributed by atoms with Gasteiger partial charge in [0.1, 0.15) is 23.7 Å². The van der Waals surface area contributed by atoms with Crippen molar-refractivity contribution in [1.82, 2.24) is 14.3 Å². The van der Waals surface area contributed by atoms with Crippen LogP contribution in [-0.2, 0) is 14.3 Å². The number of amides is 2. The van der Waals surface area contributed by atoms with E-state index in [-0.39, 0.29) is 29.5 Å². The second kappa shape index (κ2) is 6.56. The Morgan fingerprint density at radius 3 is 2.66 bits per heavy atom. The molecule has 2 aromatic heterocycles. The second-order valence-corrected chi connectivity index (χ2v) is 10.5. The Bertz CT molecular complexity index is 1140. The fourth-order valence-electron chi connectivity index (χ4n) is 7.44. The molecular weight excluding hydrogens is 408 g/mol. The minimum atomic E-state index is -0.497. The van der Waals surface area contributed by atoms with Gasteiger partial charge < -0.3 is 15.0 Å². The normalized spacial score (nSPS) is 33.2. The van der Waals surface area contributed by atoms with Crippen LogP contribution in [-0.4, -0.2) is 52.8 Å². The number of aromatic nitrogens is 2. The zero-order chi connectivity index (χ0) is 22.3. The van der Waals surface area contributed by atoms with Gasteiger partial charge in [-0.25, -0.2) is 4.98 Å². The zero-order valence-electron chi connectivity index (χ0n) is 18.5. The summed E-state index contributed by atoms with van der Waals surface area (Å²) in [5.74, 6) is 2.35. The van der Waals surface area contributed by atoms with E-state index >= 15 is 0 Å². The van der Waals surface area contributed by atoms with Crippen LogP contribution >= 0.6 is 0 Å². The average molecular weight is 437 g/mol. The van der Waals surface area contributed by atoms with Gasteiger partial charge in [-0.2, -0.15) is 0 Å². The van der Waals surface area contributed by atoms with E-state index in [2.05, 4.69) is 15.0 Å². The summed E-state index contributed by atoms with van der Waals surface area (Å²) in [4.78, 5) is 42.9. The summed E-state index contributed by atoms with van der Waals surface area (Å²) < 4.78 is 6.35. The van der Waals surface area contributed by atoms with E-state index in [0.717, 1.165) is 17.8 Å². The molecule has 4 bridgehead atoms. The first-order valence-electron chi connectivity index (χ1n) is 11.4. The lowest BCUT2D eigenvalue weighted by atomic mass is 9.41. The third kappa shape index (κ3) is 2.74. The Hall–Kier alpha value is -2.90. The summed E-state index contributed by atoms with van der Waals surface area (Å²) in [6, 6.07) is 5.42. The predicted molar refractivity (Wildman–Crippen MR) is 116 cm³/mol. The van der Waals surface area contributed by atoms with Gasteiger partial charge in [0.25, 0.3) is 5.91 Å². The van der Waals surface area contributed by atoms with Crippen molar-refractivity contribution in [3.05, 3.63) is 30.1 Å². The highest BCUT2D eigenvalue weighted by molar-refractivity contribution is 5.95. The maximum Gasteiger partial charge on any atom is 0.325 e. The Morgan fingerprint density at radius 1 is 1.19 bits per heavy atom. The highest BCUT2D eigenvalue weighted by Crippen LogP contribution is 2.85. The molecule has 2 amide bonds. The number of hydrogen-bond donors (Lipinski definition) is 1. The number of rotatable bonds is 6. The van der Waals surface area contributed by atoms with Gasteiger partial charge in [0, 0.05) is 19.7 Å². The van der Waals surface area contributed by atoms with Crippen LogP contribution in [0.25, 0.3) is 5.65 Å². The van der Waals surface area contributed by atoms with E-state index in [9.17, 15) is 14.4 Å². The monoisotopic (exact) mass is 436 g/mol. The van der Waals surface area contributed by atoms with Crippen molar-refractivity contribution >= 4 is 29.2 Å². The number of hydrogen-bond acceptors (Lipinski definition) is 5. The molecule has 0 aliphatic heterocycles. The average Bonchev–Trinajstić information content (AvgIpc) is 3.37. The maximum absolute atomic E-state index is 13.1. The molecule has 8 nitrogen and oxygen atoms in total. The number of anilines is 1. The highest BCUT2D eigenvalue weighted by atomic mass is 16.5. The molecule has 6 aliphatic rings. The summed E-state index contributed by atoms with van der Waals surface area (Å²) in [7, 11) is 2.81. The van der Waals surface area contributed by atoms with E-state index in [1.165, 1.54) is 51.2 Å². The standard InChI is InChI=1S/C24H28N4O4/c1-27(13-21(30)32-2)22(31)17-12-28-18(25-17)4-3-5-19(28)26-20(29)11-23-7-14-6-15(8-23)24(14)10-16(24)9-23/h3-5,12,14-16H,6-11,13H2,1-2H3,(H,26,29). The number of ether oxygens (including phenoxy) is 1. The van der Waals surface area contributed by atoms with Crippen LogP contribution in [0.15, 0.2) is 24.4 Å². The Labute approximate surface area is 186 Å². The van der Waals surface area contributed by atoms with Gasteiger partial charge in [0.05, 0.1) is 7.11 Å². The van der Waals surface area contributed by atoms with E-state index in [1.54, 1.807) is 16.7 Å². The van der Waals surface area contributed by atoms with Crippen molar-refractivity contribution in [2.24, 2.45) is 28.6 Å². The molecule has 6 fully saturated rings. The maximum atomic E-state index is 13.1. The molecule has 2 heterocycles. The molecule has 2 aromatic rings. The molecule has 0 aromatic carbocycles. The van der Waals surface area contributed by atoms with Gasteiger partial charge in [-0.1, -0.05) is 6.07 Å². The molecule has 1 N–H and O–H groups in total.